The molecule has 0 aliphatic heterocycles. The Morgan fingerprint density at radius 2 is 1.85 bits per heavy atom. The van der Waals surface area contributed by atoms with Gasteiger partial charge in [0.05, 0.1) is 0 Å². The lowest BCUT2D eigenvalue weighted by Crippen LogP contribution is -2.24. The van der Waals surface area contributed by atoms with Crippen LogP contribution < -0.4 is 11.3 Å². The van der Waals surface area contributed by atoms with E-state index >= 15 is 0 Å². The summed E-state index contributed by atoms with van der Waals surface area (Å²) in [5, 5.41) is 0. The number of hydrogen-bond donors (Lipinski definition) is 2. The average Bonchev–Trinajstić information content (AvgIpc) is 2.57. The van der Waals surface area contributed by atoms with Crippen molar-refractivity contribution in [3.8, 4) is 0 Å². The minimum atomic E-state index is 0.799. The van der Waals surface area contributed by atoms with Crippen LogP contribution in [0.1, 0.15) is 17.5 Å². The quantitative estimate of drug-likeness (QED) is 0.537. The van der Waals surface area contributed by atoms with E-state index in [0.29, 0.717) is 0 Å². The molecular weight excluding hydrogens is 160 g/mol. The Bertz CT molecular complexity index is 258. The van der Waals surface area contributed by atoms with Gasteiger partial charge in [-0.05, 0) is 36.3 Å². The summed E-state index contributed by atoms with van der Waals surface area (Å²) in [6.45, 7) is 0.929. The Kier molecular flexibility index (Phi) is 2.62. The van der Waals surface area contributed by atoms with Crippen LogP contribution in [-0.2, 0) is 12.8 Å². The Morgan fingerprint density at radius 1 is 1.23 bits per heavy atom. The van der Waals surface area contributed by atoms with Gasteiger partial charge >= 0.3 is 0 Å². The van der Waals surface area contributed by atoms with Gasteiger partial charge in [-0.1, -0.05) is 24.3 Å². The smallest absolute Gasteiger partial charge is 0.0100 e. The van der Waals surface area contributed by atoms with Crippen LogP contribution in [0.15, 0.2) is 24.3 Å². The molecule has 0 atom stereocenters. The number of benzene rings is 1. The van der Waals surface area contributed by atoms with Crippen molar-refractivity contribution in [3.05, 3.63) is 35.4 Å². The van der Waals surface area contributed by atoms with Crippen molar-refractivity contribution >= 4 is 0 Å². The summed E-state index contributed by atoms with van der Waals surface area (Å²) >= 11 is 0. The molecule has 0 unspecified atom stereocenters. The largest absolute Gasteiger partial charge is 0.271 e. The zero-order chi connectivity index (χ0) is 9.10. The third-order valence-corrected chi connectivity index (χ3v) is 2.83. The van der Waals surface area contributed by atoms with Crippen molar-refractivity contribution in [3.63, 3.8) is 0 Å². The third kappa shape index (κ3) is 1.90. The number of hydrogen-bond acceptors (Lipinski definition) is 2. The van der Waals surface area contributed by atoms with Crippen LogP contribution in [0.3, 0.4) is 0 Å². The standard InChI is InChI=1S/C11H16N2/c12-13-6-5-9-7-10-3-1-2-4-11(10)8-9/h1-4,9,13H,5-8,12H2. The van der Waals surface area contributed by atoms with Crippen molar-refractivity contribution < 1.29 is 0 Å². The van der Waals surface area contributed by atoms with E-state index in [2.05, 4.69) is 29.7 Å². The summed E-state index contributed by atoms with van der Waals surface area (Å²) in [5.41, 5.74) is 5.79. The van der Waals surface area contributed by atoms with Gasteiger partial charge < -0.3 is 0 Å². The molecule has 0 heterocycles. The van der Waals surface area contributed by atoms with Gasteiger partial charge in [0.1, 0.15) is 0 Å². The first kappa shape index (κ1) is 8.73. The lowest BCUT2D eigenvalue weighted by atomic mass is 10.0. The maximum absolute atomic E-state index is 5.26. The highest BCUT2D eigenvalue weighted by molar-refractivity contribution is 5.31. The summed E-state index contributed by atoms with van der Waals surface area (Å²) < 4.78 is 0. The molecule has 1 aliphatic rings. The maximum Gasteiger partial charge on any atom is 0.0100 e. The SMILES string of the molecule is NNCCC1Cc2ccccc2C1. The molecule has 0 bridgehead atoms. The van der Waals surface area contributed by atoms with Crippen LogP contribution in [0.25, 0.3) is 0 Å². The summed E-state index contributed by atoms with van der Waals surface area (Å²) in [4.78, 5) is 0. The Balaban J connectivity index is 1.97. The molecule has 3 N–H and O–H groups in total. The molecule has 1 aromatic rings. The van der Waals surface area contributed by atoms with Gasteiger partial charge in [-0.2, -0.15) is 0 Å². The minimum Gasteiger partial charge on any atom is -0.271 e. The van der Waals surface area contributed by atoms with Crippen LogP contribution in [0.4, 0.5) is 0 Å². The number of hydrazine groups is 1. The molecule has 0 saturated carbocycles. The van der Waals surface area contributed by atoms with Crippen molar-refractivity contribution in [2.75, 3.05) is 6.54 Å². The normalized spacial score (nSPS) is 16.1. The van der Waals surface area contributed by atoms with Crippen LogP contribution in [0.2, 0.25) is 0 Å². The first-order chi connectivity index (χ1) is 6.40. The summed E-state index contributed by atoms with van der Waals surface area (Å²) in [7, 11) is 0. The number of nitrogens with two attached hydrogens (primary N) is 1. The topological polar surface area (TPSA) is 38.0 Å². The van der Waals surface area contributed by atoms with Gasteiger partial charge in [-0.25, -0.2) is 0 Å². The van der Waals surface area contributed by atoms with Crippen LogP contribution in [0, 0.1) is 5.92 Å². The van der Waals surface area contributed by atoms with Crippen molar-refractivity contribution in [2.45, 2.75) is 19.3 Å². The molecular formula is C11H16N2. The van der Waals surface area contributed by atoms with E-state index in [1.165, 1.54) is 30.4 Å². The number of fused-ring (bicyclic) bond motifs is 1. The van der Waals surface area contributed by atoms with Crippen LogP contribution in [0.5, 0.6) is 0 Å². The second kappa shape index (κ2) is 3.90. The highest BCUT2D eigenvalue weighted by Crippen LogP contribution is 2.27. The zero-order valence-corrected chi connectivity index (χ0v) is 7.79. The molecule has 13 heavy (non-hydrogen) atoms. The van der Waals surface area contributed by atoms with E-state index in [-0.39, 0.29) is 0 Å². The first-order valence-electron chi connectivity index (χ1n) is 4.90. The Morgan fingerprint density at radius 3 is 2.38 bits per heavy atom. The van der Waals surface area contributed by atoms with E-state index in [0.717, 1.165) is 12.5 Å². The molecule has 0 spiro atoms. The summed E-state index contributed by atoms with van der Waals surface area (Å²) in [6, 6.07) is 8.74. The molecule has 1 aromatic carbocycles. The van der Waals surface area contributed by atoms with Gasteiger partial charge in [0.2, 0.25) is 0 Å². The fourth-order valence-electron chi connectivity index (χ4n) is 2.14. The van der Waals surface area contributed by atoms with Crippen molar-refractivity contribution in [2.24, 2.45) is 11.8 Å². The van der Waals surface area contributed by atoms with E-state index in [1.807, 2.05) is 0 Å². The average molecular weight is 176 g/mol. The van der Waals surface area contributed by atoms with E-state index < -0.39 is 0 Å². The first-order valence-corrected chi connectivity index (χ1v) is 4.90. The van der Waals surface area contributed by atoms with Gasteiger partial charge in [0, 0.05) is 6.54 Å². The molecule has 0 saturated heterocycles. The van der Waals surface area contributed by atoms with Gasteiger partial charge in [0.25, 0.3) is 0 Å². The van der Waals surface area contributed by atoms with Crippen LogP contribution >= 0.6 is 0 Å². The second-order valence-corrected chi connectivity index (χ2v) is 3.79. The number of rotatable bonds is 3. The molecule has 0 amide bonds. The van der Waals surface area contributed by atoms with Crippen molar-refractivity contribution in [1.29, 1.82) is 0 Å². The van der Waals surface area contributed by atoms with E-state index in [4.69, 9.17) is 5.84 Å². The van der Waals surface area contributed by atoms with Gasteiger partial charge in [-0.3, -0.25) is 11.3 Å². The predicted octanol–water partition coefficient (Wildman–Crippen LogP) is 1.25. The van der Waals surface area contributed by atoms with Crippen LogP contribution in [-0.4, -0.2) is 6.54 Å². The minimum absolute atomic E-state index is 0.799. The third-order valence-electron chi connectivity index (χ3n) is 2.83. The molecule has 2 heteroatoms. The van der Waals surface area contributed by atoms with E-state index in [9.17, 15) is 0 Å². The summed E-state index contributed by atoms with van der Waals surface area (Å²) in [6.07, 6.45) is 3.65. The number of nitrogens with one attached hydrogen (secondary N) is 1. The zero-order valence-electron chi connectivity index (χ0n) is 7.79. The monoisotopic (exact) mass is 176 g/mol. The fourth-order valence-corrected chi connectivity index (χ4v) is 2.14. The summed E-state index contributed by atoms with van der Waals surface area (Å²) in [5.74, 6) is 6.06. The Hall–Kier alpha value is -0.860. The molecule has 0 fully saturated rings. The molecule has 0 radical (unpaired) electrons. The maximum atomic E-state index is 5.26. The molecule has 2 nitrogen and oxygen atoms in total. The van der Waals surface area contributed by atoms with Gasteiger partial charge in [-0.15, -0.1) is 0 Å². The lowest BCUT2D eigenvalue weighted by molar-refractivity contribution is 0.491. The molecule has 70 valence electrons. The van der Waals surface area contributed by atoms with Gasteiger partial charge in [0.15, 0.2) is 0 Å². The van der Waals surface area contributed by atoms with E-state index in [1.54, 1.807) is 0 Å². The highest BCUT2D eigenvalue weighted by Gasteiger charge is 2.19. The Labute approximate surface area is 79.1 Å². The second-order valence-electron chi connectivity index (χ2n) is 3.79. The fraction of sp³-hybridized carbons (Fsp3) is 0.455. The highest BCUT2D eigenvalue weighted by atomic mass is 15.2. The molecule has 1 aliphatic carbocycles. The predicted molar refractivity (Wildman–Crippen MR) is 54.1 cm³/mol. The van der Waals surface area contributed by atoms with Crippen molar-refractivity contribution in [1.82, 2.24) is 5.43 Å². The molecule has 0 aromatic heterocycles. The lowest BCUT2D eigenvalue weighted by Gasteiger charge is -2.06. The molecule has 2 rings (SSSR count).